The number of para-hydroxylation sites is 1. The SMILES string of the molecule is CC1CC(=O)Nc2cccc(C(O)Nc3nccc4ccccc34)c2N1. The molecule has 0 bridgehead atoms. The van der Waals surface area contributed by atoms with Crippen LogP contribution in [0.15, 0.2) is 54.7 Å². The van der Waals surface area contributed by atoms with E-state index in [9.17, 15) is 9.90 Å². The number of nitrogens with zero attached hydrogens (tertiary/aromatic N) is 1. The molecule has 1 amide bonds. The van der Waals surface area contributed by atoms with E-state index in [2.05, 4.69) is 20.9 Å². The Morgan fingerprint density at radius 1 is 1.19 bits per heavy atom. The number of carbonyl (C=O) groups excluding carboxylic acids is 1. The molecule has 1 aliphatic rings. The van der Waals surface area contributed by atoms with Gasteiger partial charge >= 0.3 is 0 Å². The minimum atomic E-state index is -0.974. The quantitative estimate of drug-likeness (QED) is 0.545. The average molecular weight is 348 g/mol. The number of fused-ring (bicyclic) bond motifs is 2. The second-order valence-corrected chi connectivity index (χ2v) is 6.50. The molecule has 0 radical (unpaired) electrons. The van der Waals surface area contributed by atoms with Gasteiger partial charge in [0.05, 0.1) is 11.4 Å². The van der Waals surface area contributed by atoms with Crippen LogP contribution in [0.5, 0.6) is 0 Å². The van der Waals surface area contributed by atoms with Crippen molar-refractivity contribution in [2.45, 2.75) is 25.6 Å². The van der Waals surface area contributed by atoms with Gasteiger partial charge in [-0.05, 0) is 24.4 Å². The van der Waals surface area contributed by atoms with Crippen molar-refractivity contribution in [1.82, 2.24) is 4.98 Å². The van der Waals surface area contributed by atoms with Gasteiger partial charge in [-0.3, -0.25) is 4.79 Å². The number of hydrogen-bond acceptors (Lipinski definition) is 5. The molecule has 0 saturated carbocycles. The number of benzene rings is 2. The molecule has 1 aromatic heterocycles. The van der Waals surface area contributed by atoms with Gasteiger partial charge in [0.2, 0.25) is 5.91 Å². The number of aliphatic hydroxyl groups excluding tert-OH is 1. The molecule has 6 heteroatoms. The number of carbonyl (C=O) groups is 1. The number of rotatable bonds is 3. The van der Waals surface area contributed by atoms with E-state index < -0.39 is 6.23 Å². The van der Waals surface area contributed by atoms with E-state index in [1.807, 2.05) is 55.5 Å². The van der Waals surface area contributed by atoms with E-state index in [4.69, 9.17) is 0 Å². The average Bonchev–Trinajstić information content (AvgIpc) is 2.78. The number of nitrogens with one attached hydrogen (secondary N) is 3. The fourth-order valence-corrected chi connectivity index (χ4v) is 3.28. The molecule has 4 N–H and O–H groups in total. The standard InChI is InChI=1S/C20H20N4O2/c1-12-11-17(25)23-16-8-4-7-15(18(16)22-12)20(26)24-19-14-6-3-2-5-13(14)9-10-21-19/h2-10,12,20,22,26H,11H2,1H3,(H,21,24)(H,23,25). The van der Waals surface area contributed by atoms with Crippen LogP contribution in [0.1, 0.15) is 25.1 Å². The normalized spacial score (nSPS) is 17.6. The van der Waals surface area contributed by atoms with Crippen molar-refractivity contribution in [1.29, 1.82) is 0 Å². The molecule has 0 spiro atoms. The lowest BCUT2D eigenvalue weighted by atomic mass is 10.1. The number of aromatic nitrogens is 1. The Hall–Kier alpha value is -3.12. The lowest BCUT2D eigenvalue weighted by Gasteiger charge is -2.21. The third kappa shape index (κ3) is 3.07. The smallest absolute Gasteiger partial charge is 0.226 e. The molecule has 26 heavy (non-hydrogen) atoms. The van der Waals surface area contributed by atoms with Crippen molar-refractivity contribution in [2.24, 2.45) is 0 Å². The van der Waals surface area contributed by atoms with Crippen molar-refractivity contribution >= 4 is 33.9 Å². The van der Waals surface area contributed by atoms with Crippen LogP contribution in [0, 0.1) is 0 Å². The van der Waals surface area contributed by atoms with Crippen LogP contribution in [-0.2, 0) is 4.79 Å². The summed E-state index contributed by atoms with van der Waals surface area (Å²) in [4.78, 5) is 16.3. The lowest BCUT2D eigenvalue weighted by molar-refractivity contribution is -0.116. The maximum Gasteiger partial charge on any atom is 0.226 e. The molecular weight excluding hydrogens is 328 g/mol. The molecule has 4 rings (SSSR count). The Balaban J connectivity index is 1.70. The number of hydrogen-bond donors (Lipinski definition) is 4. The van der Waals surface area contributed by atoms with Crippen molar-refractivity contribution < 1.29 is 9.90 Å². The predicted octanol–water partition coefficient (Wildman–Crippen LogP) is 3.48. The number of pyridine rings is 1. The van der Waals surface area contributed by atoms with Gasteiger partial charge in [0, 0.05) is 29.6 Å². The van der Waals surface area contributed by atoms with Crippen LogP contribution >= 0.6 is 0 Å². The van der Waals surface area contributed by atoms with E-state index in [-0.39, 0.29) is 11.9 Å². The topological polar surface area (TPSA) is 86.3 Å². The summed E-state index contributed by atoms with van der Waals surface area (Å²) in [6.45, 7) is 1.94. The Morgan fingerprint density at radius 2 is 2.04 bits per heavy atom. The molecule has 2 atom stereocenters. The molecule has 2 heterocycles. The summed E-state index contributed by atoms with van der Waals surface area (Å²) in [5, 5.41) is 22.1. The van der Waals surface area contributed by atoms with Gasteiger partial charge in [-0.15, -0.1) is 0 Å². The predicted molar refractivity (Wildman–Crippen MR) is 103 cm³/mol. The molecule has 2 unspecified atom stereocenters. The van der Waals surface area contributed by atoms with Gasteiger partial charge in [0.15, 0.2) is 6.23 Å². The molecule has 0 aliphatic carbocycles. The highest BCUT2D eigenvalue weighted by atomic mass is 16.3. The highest BCUT2D eigenvalue weighted by Gasteiger charge is 2.23. The summed E-state index contributed by atoms with van der Waals surface area (Å²) in [7, 11) is 0. The van der Waals surface area contributed by atoms with Crippen molar-refractivity contribution in [3.8, 4) is 0 Å². The summed E-state index contributed by atoms with van der Waals surface area (Å²) in [5.74, 6) is 0.568. The van der Waals surface area contributed by atoms with Crippen LogP contribution in [0.3, 0.4) is 0 Å². The third-order valence-corrected chi connectivity index (χ3v) is 4.49. The second-order valence-electron chi connectivity index (χ2n) is 6.50. The number of anilines is 3. The largest absolute Gasteiger partial charge is 0.380 e. The van der Waals surface area contributed by atoms with Crippen LogP contribution in [-0.4, -0.2) is 22.0 Å². The van der Waals surface area contributed by atoms with E-state index in [1.54, 1.807) is 6.20 Å². The van der Waals surface area contributed by atoms with Crippen LogP contribution in [0.2, 0.25) is 0 Å². The Morgan fingerprint density at radius 3 is 2.92 bits per heavy atom. The highest BCUT2D eigenvalue weighted by Crippen LogP contribution is 2.34. The van der Waals surface area contributed by atoms with Crippen molar-refractivity contribution in [3.05, 3.63) is 60.3 Å². The van der Waals surface area contributed by atoms with E-state index in [0.717, 1.165) is 16.5 Å². The minimum absolute atomic E-state index is 0.0275. The van der Waals surface area contributed by atoms with Gasteiger partial charge in [-0.1, -0.05) is 36.4 Å². The van der Waals surface area contributed by atoms with Gasteiger partial charge in [0.25, 0.3) is 0 Å². The maximum atomic E-state index is 11.9. The first kappa shape index (κ1) is 16.4. The van der Waals surface area contributed by atoms with Gasteiger partial charge in [-0.2, -0.15) is 0 Å². The van der Waals surface area contributed by atoms with Crippen LogP contribution < -0.4 is 16.0 Å². The summed E-state index contributed by atoms with van der Waals surface area (Å²) < 4.78 is 0. The summed E-state index contributed by atoms with van der Waals surface area (Å²) >= 11 is 0. The van der Waals surface area contributed by atoms with Gasteiger partial charge in [-0.25, -0.2) is 4.98 Å². The minimum Gasteiger partial charge on any atom is -0.380 e. The second kappa shape index (κ2) is 6.65. The fraction of sp³-hybridized carbons (Fsp3) is 0.200. The first-order valence-electron chi connectivity index (χ1n) is 8.59. The molecule has 0 fully saturated rings. The van der Waals surface area contributed by atoms with Gasteiger partial charge in [0.1, 0.15) is 5.82 Å². The molecule has 2 aromatic carbocycles. The Kier molecular flexibility index (Phi) is 4.18. The van der Waals surface area contributed by atoms with E-state index in [1.165, 1.54) is 0 Å². The zero-order valence-corrected chi connectivity index (χ0v) is 14.4. The highest BCUT2D eigenvalue weighted by molar-refractivity contribution is 5.97. The van der Waals surface area contributed by atoms with Crippen molar-refractivity contribution in [2.75, 3.05) is 16.0 Å². The monoisotopic (exact) mass is 348 g/mol. The zero-order valence-electron chi connectivity index (χ0n) is 14.4. The summed E-state index contributed by atoms with van der Waals surface area (Å²) in [5.41, 5.74) is 2.06. The molecule has 3 aromatic rings. The summed E-state index contributed by atoms with van der Waals surface area (Å²) in [6, 6.07) is 15.2. The van der Waals surface area contributed by atoms with Crippen LogP contribution in [0.4, 0.5) is 17.2 Å². The molecule has 6 nitrogen and oxygen atoms in total. The van der Waals surface area contributed by atoms with Crippen molar-refractivity contribution in [3.63, 3.8) is 0 Å². The van der Waals surface area contributed by atoms with E-state index in [0.29, 0.717) is 23.5 Å². The van der Waals surface area contributed by atoms with Gasteiger partial charge < -0.3 is 21.1 Å². The van der Waals surface area contributed by atoms with Crippen LogP contribution in [0.25, 0.3) is 10.8 Å². The lowest BCUT2D eigenvalue weighted by Crippen LogP contribution is -2.20. The molecule has 1 aliphatic heterocycles. The first-order chi connectivity index (χ1) is 12.6. The molecular formula is C20H20N4O2. The van der Waals surface area contributed by atoms with E-state index >= 15 is 0 Å². The molecule has 0 saturated heterocycles. The Bertz CT molecular complexity index is 968. The zero-order chi connectivity index (χ0) is 18.1. The summed E-state index contributed by atoms with van der Waals surface area (Å²) in [6.07, 6.45) is 1.12. The third-order valence-electron chi connectivity index (χ3n) is 4.49. The first-order valence-corrected chi connectivity index (χ1v) is 8.59. The number of amides is 1. The number of aliphatic hydroxyl groups is 1. The Labute approximate surface area is 151 Å². The fourth-order valence-electron chi connectivity index (χ4n) is 3.28. The molecule has 132 valence electrons. The maximum absolute atomic E-state index is 11.9.